The number of halogens is 2. The number of carboxylic acids is 1. The summed E-state index contributed by atoms with van der Waals surface area (Å²) in [5.74, 6) is -0.695. The fourth-order valence-electron chi connectivity index (χ4n) is 1.27. The first-order valence-corrected chi connectivity index (χ1v) is 5.21. The van der Waals surface area contributed by atoms with E-state index in [2.05, 4.69) is 0 Å². The lowest BCUT2D eigenvalue weighted by molar-refractivity contribution is -0.138. The van der Waals surface area contributed by atoms with Gasteiger partial charge in [-0.05, 0) is 24.1 Å². The van der Waals surface area contributed by atoms with Gasteiger partial charge in [0.15, 0.2) is 5.75 Å². The molecule has 1 rings (SSSR count). The van der Waals surface area contributed by atoms with Crippen molar-refractivity contribution in [3.63, 3.8) is 0 Å². The van der Waals surface area contributed by atoms with Crippen molar-refractivity contribution >= 4 is 29.2 Å². The van der Waals surface area contributed by atoms with E-state index < -0.39 is 12.0 Å². The summed E-state index contributed by atoms with van der Waals surface area (Å²) in [5.41, 5.74) is 6.06. The molecule has 1 aromatic rings. The van der Waals surface area contributed by atoms with Crippen LogP contribution < -0.4 is 10.5 Å². The SMILES string of the molecule is COc1c(Cl)cc(C[C@H](N)C(=O)O)cc1Cl. The summed E-state index contributed by atoms with van der Waals surface area (Å²) in [7, 11) is 1.45. The second-order valence-electron chi connectivity index (χ2n) is 3.24. The monoisotopic (exact) mass is 263 g/mol. The third kappa shape index (κ3) is 3.01. The smallest absolute Gasteiger partial charge is 0.320 e. The zero-order valence-electron chi connectivity index (χ0n) is 8.54. The molecule has 1 aromatic carbocycles. The number of methoxy groups -OCH3 is 1. The molecule has 0 amide bonds. The number of ether oxygens (including phenoxy) is 1. The number of carbonyl (C=O) groups is 1. The second kappa shape index (κ2) is 5.39. The molecule has 0 aliphatic rings. The lowest BCUT2D eigenvalue weighted by Crippen LogP contribution is -2.32. The zero-order valence-corrected chi connectivity index (χ0v) is 10.0. The van der Waals surface area contributed by atoms with Crippen LogP contribution in [0, 0.1) is 0 Å². The average Bonchev–Trinajstić information content (AvgIpc) is 2.16. The highest BCUT2D eigenvalue weighted by molar-refractivity contribution is 6.37. The van der Waals surface area contributed by atoms with Crippen LogP contribution in [-0.2, 0) is 11.2 Å². The van der Waals surface area contributed by atoms with Crippen molar-refractivity contribution in [3.8, 4) is 5.75 Å². The molecule has 0 spiro atoms. The fourth-order valence-corrected chi connectivity index (χ4v) is 1.95. The van der Waals surface area contributed by atoms with Crippen LogP contribution in [-0.4, -0.2) is 24.2 Å². The molecule has 0 bridgehead atoms. The van der Waals surface area contributed by atoms with Crippen molar-refractivity contribution in [2.45, 2.75) is 12.5 Å². The van der Waals surface area contributed by atoms with Gasteiger partial charge in [-0.2, -0.15) is 0 Å². The van der Waals surface area contributed by atoms with E-state index in [-0.39, 0.29) is 6.42 Å². The normalized spacial score (nSPS) is 12.2. The van der Waals surface area contributed by atoms with Gasteiger partial charge in [0.1, 0.15) is 6.04 Å². The van der Waals surface area contributed by atoms with Crippen molar-refractivity contribution in [1.29, 1.82) is 0 Å². The Labute approximate surface area is 103 Å². The number of nitrogens with two attached hydrogens (primary N) is 1. The molecule has 0 aliphatic carbocycles. The highest BCUT2D eigenvalue weighted by Gasteiger charge is 2.15. The average molecular weight is 264 g/mol. The van der Waals surface area contributed by atoms with Crippen molar-refractivity contribution in [1.82, 2.24) is 0 Å². The minimum Gasteiger partial charge on any atom is -0.494 e. The summed E-state index contributed by atoms with van der Waals surface area (Å²) in [5, 5.41) is 9.34. The van der Waals surface area contributed by atoms with Gasteiger partial charge in [-0.3, -0.25) is 4.79 Å². The van der Waals surface area contributed by atoms with Gasteiger partial charge in [-0.25, -0.2) is 0 Å². The molecule has 4 nitrogen and oxygen atoms in total. The van der Waals surface area contributed by atoms with Crippen LogP contribution in [0.4, 0.5) is 0 Å². The summed E-state index contributed by atoms with van der Waals surface area (Å²) < 4.78 is 4.97. The maximum Gasteiger partial charge on any atom is 0.320 e. The molecule has 16 heavy (non-hydrogen) atoms. The number of hydrogen-bond donors (Lipinski definition) is 2. The molecule has 0 fully saturated rings. The fraction of sp³-hybridized carbons (Fsp3) is 0.300. The van der Waals surface area contributed by atoms with Gasteiger partial charge in [-0.15, -0.1) is 0 Å². The van der Waals surface area contributed by atoms with Crippen LogP contribution >= 0.6 is 23.2 Å². The van der Waals surface area contributed by atoms with Crippen LogP contribution in [0.3, 0.4) is 0 Å². The number of carboxylic acid groups (broad SMARTS) is 1. The Kier molecular flexibility index (Phi) is 4.41. The maximum atomic E-state index is 10.6. The van der Waals surface area contributed by atoms with E-state index in [9.17, 15) is 4.79 Å². The van der Waals surface area contributed by atoms with Gasteiger partial charge in [0, 0.05) is 0 Å². The van der Waals surface area contributed by atoms with Crippen molar-refractivity contribution in [2.75, 3.05) is 7.11 Å². The predicted octanol–water partition coefficient (Wildman–Crippen LogP) is 1.96. The van der Waals surface area contributed by atoms with Crippen molar-refractivity contribution < 1.29 is 14.6 Å². The molecule has 0 heterocycles. The molecule has 0 aliphatic heterocycles. The third-order valence-electron chi connectivity index (χ3n) is 2.04. The lowest BCUT2D eigenvalue weighted by atomic mass is 10.1. The van der Waals surface area contributed by atoms with E-state index in [1.807, 2.05) is 0 Å². The lowest BCUT2D eigenvalue weighted by Gasteiger charge is -2.10. The van der Waals surface area contributed by atoms with Crippen molar-refractivity contribution in [3.05, 3.63) is 27.7 Å². The van der Waals surface area contributed by atoms with Gasteiger partial charge in [0.2, 0.25) is 0 Å². The molecule has 0 saturated heterocycles. The predicted molar refractivity (Wildman–Crippen MR) is 62.3 cm³/mol. The molecule has 0 saturated carbocycles. The van der Waals surface area contributed by atoms with Crippen LogP contribution in [0.25, 0.3) is 0 Å². The minimum atomic E-state index is -1.07. The molecule has 88 valence electrons. The Morgan fingerprint density at radius 2 is 2.00 bits per heavy atom. The van der Waals surface area contributed by atoms with Crippen LogP contribution in [0.5, 0.6) is 5.75 Å². The van der Waals surface area contributed by atoms with E-state index in [1.54, 1.807) is 12.1 Å². The van der Waals surface area contributed by atoms with Gasteiger partial charge in [0.05, 0.1) is 17.2 Å². The maximum absolute atomic E-state index is 10.6. The molecular weight excluding hydrogens is 253 g/mol. The van der Waals surface area contributed by atoms with E-state index in [1.165, 1.54) is 7.11 Å². The van der Waals surface area contributed by atoms with E-state index in [0.717, 1.165) is 0 Å². The third-order valence-corrected chi connectivity index (χ3v) is 2.60. The summed E-state index contributed by atoms with van der Waals surface area (Å²) in [4.78, 5) is 10.6. The van der Waals surface area contributed by atoms with E-state index in [4.69, 9.17) is 38.8 Å². The highest BCUT2D eigenvalue weighted by Crippen LogP contribution is 2.34. The first-order valence-electron chi connectivity index (χ1n) is 4.46. The minimum absolute atomic E-state index is 0.165. The Hall–Kier alpha value is -0.970. The quantitative estimate of drug-likeness (QED) is 0.871. The summed E-state index contributed by atoms with van der Waals surface area (Å²) in [6.45, 7) is 0. The number of rotatable bonds is 4. The first-order chi connectivity index (χ1) is 7.45. The van der Waals surface area contributed by atoms with Gasteiger partial charge < -0.3 is 15.6 Å². The molecule has 0 aromatic heterocycles. The van der Waals surface area contributed by atoms with E-state index >= 15 is 0 Å². The number of benzene rings is 1. The Morgan fingerprint density at radius 1 is 1.50 bits per heavy atom. The molecule has 0 radical (unpaired) electrons. The molecular formula is C10H11Cl2NO3. The van der Waals surface area contributed by atoms with Gasteiger partial charge >= 0.3 is 5.97 Å². The molecule has 3 N–H and O–H groups in total. The molecule has 6 heteroatoms. The van der Waals surface area contributed by atoms with Crippen LogP contribution in [0.1, 0.15) is 5.56 Å². The van der Waals surface area contributed by atoms with Crippen LogP contribution in [0.15, 0.2) is 12.1 Å². The number of aliphatic carboxylic acids is 1. The Morgan fingerprint density at radius 3 is 2.38 bits per heavy atom. The second-order valence-corrected chi connectivity index (χ2v) is 4.06. The zero-order chi connectivity index (χ0) is 12.3. The van der Waals surface area contributed by atoms with Crippen molar-refractivity contribution in [2.24, 2.45) is 5.73 Å². The Balaban J connectivity index is 2.96. The Bertz CT molecular complexity index is 386. The van der Waals surface area contributed by atoms with Crippen LogP contribution in [0.2, 0.25) is 10.0 Å². The molecule has 0 unspecified atom stereocenters. The van der Waals surface area contributed by atoms with E-state index in [0.29, 0.717) is 21.4 Å². The standard InChI is InChI=1S/C10H11Cl2NO3/c1-16-9-6(11)2-5(3-7(9)12)4-8(13)10(14)15/h2-3,8H,4,13H2,1H3,(H,14,15)/t8-/m0/s1. The first kappa shape index (κ1) is 13.1. The number of hydrogen-bond acceptors (Lipinski definition) is 3. The summed E-state index contributed by atoms with van der Waals surface area (Å²) in [6.07, 6.45) is 0.165. The largest absolute Gasteiger partial charge is 0.494 e. The highest BCUT2D eigenvalue weighted by atomic mass is 35.5. The van der Waals surface area contributed by atoms with Gasteiger partial charge in [0.25, 0.3) is 0 Å². The molecule has 1 atom stereocenters. The van der Waals surface area contributed by atoms with Gasteiger partial charge in [-0.1, -0.05) is 23.2 Å². The summed E-state index contributed by atoms with van der Waals surface area (Å²) >= 11 is 11.8. The summed E-state index contributed by atoms with van der Waals surface area (Å²) in [6, 6.07) is 2.21. The topological polar surface area (TPSA) is 72.5 Å².